The van der Waals surface area contributed by atoms with Crippen molar-refractivity contribution in [2.75, 3.05) is 0 Å². The average molecular weight is 355 g/mol. The smallest absolute Gasteiger partial charge is 0.308 e. The Morgan fingerprint density at radius 2 is 1.85 bits per heavy atom. The molecule has 0 aliphatic heterocycles. The molecule has 1 amide bonds. The van der Waals surface area contributed by atoms with Crippen LogP contribution >= 0.6 is 0 Å². The fraction of sp³-hybridized carbons (Fsp3) is 0.350. The molecule has 1 aromatic carbocycles. The van der Waals surface area contributed by atoms with E-state index in [-0.39, 0.29) is 11.5 Å². The molecule has 1 saturated carbocycles. The Kier molecular flexibility index (Phi) is 4.68. The highest BCUT2D eigenvalue weighted by molar-refractivity contribution is 5.95. The van der Waals surface area contributed by atoms with Crippen molar-refractivity contribution in [1.29, 1.82) is 0 Å². The lowest BCUT2D eigenvalue weighted by Crippen LogP contribution is -2.50. The molecule has 1 aliphatic carbocycles. The number of Topliss-reactive ketones (excluding diaryl/α,β-unsaturated/α-hetero) is 1. The Balaban J connectivity index is 1.76. The van der Waals surface area contributed by atoms with Crippen LogP contribution in [-0.2, 0) is 4.79 Å². The van der Waals surface area contributed by atoms with Crippen molar-refractivity contribution in [2.45, 2.75) is 38.6 Å². The van der Waals surface area contributed by atoms with Gasteiger partial charge in [0.15, 0.2) is 11.5 Å². The summed E-state index contributed by atoms with van der Waals surface area (Å²) in [6.45, 7) is 3.26. The van der Waals surface area contributed by atoms with Crippen LogP contribution in [0, 0.1) is 5.92 Å². The van der Waals surface area contributed by atoms with E-state index in [0.717, 1.165) is 12.0 Å². The van der Waals surface area contributed by atoms with Crippen LogP contribution in [0.5, 0.6) is 0 Å². The molecule has 2 N–H and O–H groups in total. The third-order valence-corrected chi connectivity index (χ3v) is 5.06. The molecule has 1 heterocycles. The summed E-state index contributed by atoms with van der Waals surface area (Å²) in [5, 5.41) is 12.2. The number of hydrogen-bond donors (Lipinski definition) is 2. The highest BCUT2D eigenvalue weighted by Crippen LogP contribution is 2.36. The molecular formula is C20H21NO5. The highest BCUT2D eigenvalue weighted by atomic mass is 16.4. The number of benzene rings is 1. The fourth-order valence-corrected chi connectivity index (χ4v) is 3.52. The van der Waals surface area contributed by atoms with Gasteiger partial charge in [-0.25, -0.2) is 0 Å². The molecule has 0 bridgehead atoms. The minimum absolute atomic E-state index is 0.0196. The van der Waals surface area contributed by atoms with Crippen LogP contribution < -0.4 is 5.32 Å². The Morgan fingerprint density at radius 3 is 2.46 bits per heavy atom. The first kappa shape index (κ1) is 17.9. The first-order valence-corrected chi connectivity index (χ1v) is 8.57. The van der Waals surface area contributed by atoms with Gasteiger partial charge in [0.2, 0.25) is 0 Å². The number of carbonyl (C=O) groups is 3. The number of nitrogens with one attached hydrogen (secondary N) is 1. The van der Waals surface area contributed by atoms with Gasteiger partial charge in [-0.3, -0.25) is 14.4 Å². The maximum Gasteiger partial charge on any atom is 0.308 e. The van der Waals surface area contributed by atoms with Gasteiger partial charge in [-0.1, -0.05) is 30.7 Å². The van der Waals surface area contributed by atoms with E-state index in [1.54, 1.807) is 43.3 Å². The number of aliphatic carboxylic acids is 1. The van der Waals surface area contributed by atoms with Gasteiger partial charge in [0, 0.05) is 11.1 Å². The number of carboxylic acid groups (broad SMARTS) is 1. The summed E-state index contributed by atoms with van der Waals surface area (Å²) in [4.78, 5) is 35.3. The summed E-state index contributed by atoms with van der Waals surface area (Å²) in [7, 11) is 0. The zero-order chi connectivity index (χ0) is 18.9. The second-order valence-corrected chi connectivity index (χ2v) is 6.95. The van der Waals surface area contributed by atoms with Crippen LogP contribution in [0.4, 0.5) is 0 Å². The number of ketones is 1. The molecule has 136 valence electrons. The van der Waals surface area contributed by atoms with E-state index in [4.69, 9.17) is 4.42 Å². The van der Waals surface area contributed by atoms with E-state index >= 15 is 0 Å². The molecule has 6 heteroatoms. The van der Waals surface area contributed by atoms with Gasteiger partial charge in [0.1, 0.15) is 5.76 Å². The van der Waals surface area contributed by atoms with E-state index in [2.05, 4.69) is 5.32 Å². The molecule has 2 atom stereocenters. The summed E-state index contributed by atoms with van der Waals surface area (Å²) in [6.07, 6.45) is 1.94. The van der Waals surface area contributed by atoms with Crippen molar-refractivity contribution in [2.24, 2.45) is 5.92 Å². The summed E-state index contributed by atoms with van der Waals surface area (Å²) in [5.41, 5.74) is 0.579. The van der Waals surface area contributed by atoms with E-state index < -0.39 is 23.3 Å². The maximum atomic E-state index is 12.5. The van der Waals surface area contributed by atoms with Crippen molar-refractivity contribution in [3.05, 3.63) is 47.7 Å². The van der Waals surface area contributed by atoms with Crippen LogP contribution in [0.1, 0.15) is 54.0 Å². The van der Waals surface area contributed by atoms with Gasteiger partial charge in [-0.15, -0.1) is 0 Å². The van der Waals surface area contributed by atoms with Gasteiger partial charge >= 0.3 is 5.97 Å². The minimum atomic E-state index is -0.893. The molecule has 3 rings (SSSR count). The largest absolute Gasteiger partial charge is 0.481 e. The van der Waals surface area contributed by atoms with Crippen molar-refractivity contribution in [1.82, 2.24) is 5.32 Å². The predicted octanol–water partition coefficient (Wildman–Crippen LogP) is 3.52. The highest BCUT2D eigenvalue weighted by Gasteiger charge is 2.44. The van der Waals surface area contributed by atoms with Crippen LogP contribution in [0.25, 0.3) is 11.3 Å². The molecule has 0 radical (unpaired) electrons. The summed E-state index contributed by atoms with van der Waals surface area (Å²) < 4.78 is 5.64. The normalized spacial score (nSPS) is 22.2. The Bertz CT molecular complexity index is 851. The van der Waals surface area contributed by atoms with Gasteiger partial charge in [-0.05, 0) is 38.8 Å². The Morgan fingerprint density at radius 1 is 1.15 bits per heavy atom. The number of carboxylic acids is 1. The molecule has 0 spiro atoms. The first-order chi connectivity index (χ1) is 12.3. The summed E-state index contributed by atoms with van der Waals surface area (Å²) >= 11 is 0. The molecule has 1 aliphatic rings. The third kappa shape index (κ3) is 3.40. The third-order valence-electron chi connectivity index (χ3n) is 5.06. The monoisotopic (exact) mass is 355 g/mol. The summed E-state index contributed by atoms with van der Waals surface area (Å²) in [6, 6.07) is 10.2. The molecule has 0 saturated heterocycles. The lowest BCUT2D eigenvalue weighted by molar-refractivity contribution is -0.143. The van der Waals surface area contributed by atoms with Crippen LogP contribution in [0.3, 0.4) is 0 Å². The minimum Gasteiger partial charge on any atom is -0.481 e. The van der Waals surface area contributed by atoms with Crippen LogP contribution in [-0.4, -0.2) is 28.3 Å². The van der Waals surface area contributed by atoms with Gasteiger partial charge in [-0.2, -0.15) is 0 Å². The fourth-order valence-electron chi connectivity index (χ4n) is 3.52. The second-order valence-electron chi connectivity index (χ2n) is 6.95. The molecule has 1 aromatic heterocycles. The van der Waals surface area contributed by atoms with Crippen LogP contribution in [0.15, 0.2) is 40.8 Å². The number of furan rings is 1. The van der Waals surface area contributed by atoms with Crippen molar-refractivity contribution in [3.8, 4) is 11.3 Å². The molecule has 0 unspecified atom stereocenters. The number of carbonyl (C=O) groups excluding carboxylic acids is 2. The standard InChI is InChI=1S/C20H21NO5/c1-12(22)13-5-7-14(8-6-13)16-9-10-17(26-16)18(23)21-20(2)11-3-4-15(20)19(24)25/h5-10,15H,3-4,11H2,1-2H3,(H,21,23)(H,24,25)/t15-,20-/m0/s1. The lowest BCUT2D eigenvalue weighted by atomic mass is 9.89. The van der Waals surface area contributed by atoms with E-state index in [1.807, 2.05) is 0 Å². The van der Waals surface area contributed by atoms with Crippen molar-refractivity contribution >= 4 is 17.7 Å². The molecule has 26 heavy (non-hydrogen) atoms. The van der Waals surface area contributed by atoms with Gasteiger partial charge in [0.25, 0.3) is 5.91 Å². The molecular weight excluding hydrogens is 334 g/mol. The van der Waals surface area contributed by atoms with Gasteiger partial charge in [0.05, 0.1) is 11.5 Å². The van der Waals surface area contributed by atoms with Crippen molar-refractivity contribution < 1.29 is 23.9 Å². The quantitative estimate of drug-likeness (QED) is 0.800. The SMILES string of the molecule is CC(=O)c1ccc(-c2ccc(C(=O)N[C@@]3(C)CCC[C@H]3C(=O)O)o2)cc1. The first-order valence-electron chi connectivity index (χ1n) is 8.57. The van der Waals surface area contributed by atoms with Gasteiger partial charge < -0.3 is 14.8 Å². The van der Waals surface area contributed by atoms with Crippen LogP contribution in [0.2, 0.25) is 0 Å². The maximum absolute atomic E-state index is 12.5. The van der Waals surface area contributed by atoms with E-state index in [9.17, 15) is 19.5 Å². The number of amides is 1. The molecule has 1 fully saturated rings. The molecule has 2 aromatic rings. The average Bonchev–Trinajstić information content (AvgIpc) is 3.22. The molecule has 6 nitrogen and oxygen atoms in total. The zero-order valence-corrected chi connectivity index (χ0v) is 14.7. The van der Waals surface area contributed by atoms with E-state index in [1.165, 1.54) is 6.92 Å². The number of rotatable bonds is 5. The predicted molar refractivity (Wildman–Crippen MR) is 95.0 cm³/mol. The van der Waals surface area contributed by atoms with Crippen molar-refractivity contribution in [3.63, 3.8) is 0 Å². The Hall–Kier alpha value is -2.89. The second kappa shape index (κ2) is 6.78. The van der Waals surface area contributed by atoms with E-state index in [0.29, 0.717) is 24.2 Å². The number of hydrogen-bond acceptors (Lipinski definition) is 4. The topological polar surface area (TPSA) is 96.6 Å². The summed E-state index contributed by atoms with van der Waals surface area (Å²) in [5.74, 6) is -1.29. The lowest BCUT2D eigenvalue weighted by Gasteiger charge is -2.29. The Labute approximate surface area is 151 Å². The zero-order valence-electron chi connectivity index (χ0n) is 14.7.